The number of nitrogens with zero attached hydrogens (tertiary/aromatic N) is 2. The SMILES string of the molecule is CC1CCN(c2ccc(-n3cccc3C=O)cc2Cl)CC1. The Bertz CT molecular complexity index is 642. The summed E-state index contributed by atoms with van der Waals surface area (Å²) in [6.07, 6.45) is 5.15. The summed E-state index contributed by atoms with van der Waals surface area (Å²) in [6, 6.07) is 9.66. The van der Waals surface area contributed by atoms with Crippen molar-refractivity contribution in [2.75, 3.05) is 18.0 Å². The third-order valence-corrected chi connectivity index (χ3v) is 4.54. The van der Waals surface area contributed by atoms with Crippen LogP contribution in [0.25, 0.3) is 5.69 Å². The first-order chi connectivity index (χ1) is 10.2. The average molecular weight is 303 g/mol. The topological polar surface area (TPSA) is 25.2 Å². The molecule has 110 valence electrons. The van der Waals surface area contributed by atoms with E-state index in [0.29, 0.717) is 5.69 Å². The van der Waals surface area contributed by atoms with Gasteiger partial charge in [0.1, 0.15) is 0 Å². The highest BCUT2D eigenvalue weighted by Gasteiger charge is 2.18. The van der Waals surface area contributed by atoms with Crippen LogP contribution in [-0.2, 0) is 0 Å². The zero-order chi connectivity index (χ0) is 14.8. The van der Waals surface area contributed by atoms with Crippen LogP contribution >= 0.6 is 11.6 Å². The maximum atomic E-state index is 11.0. The molecular weight excluding hydrogens is 284 g/mol. The fraction of sp³-hybridized carbons (Fsp3) is 0.353. The first-order valence-electron chi connectivity index (χ1n) is 7.36. The molecule has 0 saturated carbocycles. The zero-order valence-electron chi connectivity index (χ0n) is 12.1. The van der Waals surface area contributed by atoms with Crippen LogP contribution in [-0.4, -0.2) is 23.9 Å². The highest BCUT2D eigenvalue weighted by Crippen LogP contribution is 2.31. The predicted octanol–water partition coefficient (Wildman–Crippen LogP) is 4.18. The van der Waals surface area contributed by atoms with E-state index in [9.17, 15) is 4.79 Å². The van der Waals surface area contributed by atoms with Gasteiger partial charge < -0.3 is 9.47 Å². The second kappa shape index (κ2) is 5.94. The third kappa shape index (κ3) is 2.84. The molecule has 0 bridgehead atoms. The number of carbonyl (C=O) groups is 1. The van der Waals surface area contributed by atoms with E-state index >= 15 is 0 Å². The molecule has 1 aromatic carbocycles. The van der Waals surface area contributed by atoms with Gasteiger partial charge in [0.2, 0.25) is 0 Å². The van der Waals surface area contributed by atoms with E-state index in [1.54, 1.807) is 6.07 Å². The largest absolute Gasteiger partial charge is 0.370 e. The van der Waals surface area contributed by atoms with Gasteiger partial charge in [0, 0.05) is 25.0 Å². The Morgan fingerprint density at radius 3 is 2.67 bits per heavy atom. The van der Waals surface area contributed by atoms with E-state index in [1.807, 2.05) is 29.0 Å². The Morgan fingerprint density at radius 1 is 1.24 bits per heavy atom. The summed E-state index contributed by atoms with van der Waals surface area (Å²) in [4.78, 5) is 13.4. The Kier molecular flexibility index (Phi) is 4.02. The molecule has 1 aliphatic heterocycles. The van der Waals surface area contributed by atoms with Gasteiger partial charge in [-0.3, -0.25) is 4.79 Å². The van der Waals surface area contributed by atoms with Crippen LogP contribution in [0, 0.1) is 5.92 Å². The van der Waals surface area contributed by atoms with Crippen LogP contribution in [0.15, 0.2) is 36.5 Å². The van der Waals surface area contributed by atoms with Gasteiger partial charge in [-0.2, -0.15) is 0 Å². The molecule has 0 N–H and O–H groups in total. The molecule has 0 atom stereocenters. The first-order valence-corrected chi connectivity index (χ1v) is 7.74. The predicted molar refractivity (Wildman–Crippen MR) is 86.8 cm³/mol. The van der Waals surface area contributed by atoms with Gasteiger partial charge in [0.05, 0.1) is 16.4 Å². The smallest absolute Gasteiger partial charge is 0.166 e. The number of rotatable bonds is 3. The number of aromatic nitrogens is 1. The van der Waals surface area contributed by atoms with Crippen molar-refractivity contribution >= 4 is 23.6 Å². The molecule has 0 unspecified atom stereocenters. The summed E-state index contributed by atoms with van der Waals surface area (Å²) in [5, 5.41) is 0.743. The molecule has 1 fully saturated rings. The summed E-state index contributed by atoms with van der Waals surface area (Å²) in [6.45, 7) is 4.42. The van der Waals surface area contributed by atoms with Crippen molar-refractivity contribution in [3.63, 3.8) is 0 Å². The van der Waals surface area contributed by atoms with Crippen LogP contribution in [0.4, 0.5) is 5.69 Å². The standard InChI is InChI=1S/C17H19ClN2O/c1-13-6-9-19(10-7-13)17-5-4-14(11-16(17)18)20-8-2-3-15(20)12-21/h2-5,8,11-13H,6-7,9-10H2,1H3. The molecule has 21 heavy (non-hydrogen) atoms. The second-order valence-electron chi connectivity index (χ2n) is 5.73. The fourth-order valence-electron chi connectivity index (χ4n) is 2.88. The summed E-state index contributed by atoms with van der Waals surface area (Å²) in [5.41, 5.74) is 2.64. The highest BCUT2D eigenvalue weighted by molar-refractivity contribution is 6.33. The van der Waals surface area contributed by atoms with Crippen molar-refractivity contribution in [2.24, 2.45) is 5.92 Å². The van der Waals surface area contributed by atoms with Crippen molar-refractivity contribution in [1.29, 1.82) is 0 Å². The second-order valence-corrected chi connectivity index (χ2v) is 6.13. The Hall–Kier alpha value is -1.74. The molecule has 3 rings (SSSR count). The molecule has 1 aliphatic rings. The molecule has 2 heterocycles. The Balaban J connectivity index is 1.88. The number of anilines is 1. The monoisotopic (exact) mass is 302 g/mol. The molecule has 0 spiro atoms. The van der Waals surface area contributed by atoms with Crippen LogP contribution in [0.1, 0.15) is 30.3 Å². The summed E-state index contributed by atoms with van der Waals surface area (Å²) in [7, 11) is 0. The Morgan fingerprint density at radius 2 is 2.00 bits per heavy atom. The number of hydrogen-bond donors (Lipinski definition) is 0. The summed E-state index contributed by atoms with van der Waals surface area (Å²) < 4.78 is 1.85. The molecular formula is C17H19ClN2O. The minimum atomic E-state index is 0.630. The molecule has 4 heteroatoms. The van der Waals surface area contributed by atoms with Gasteiger partial charge in [-0.05, 0) is 49.1 Å². The quantitative estimate of drug-likeness (QED) is 0.795. The van der Waals surface area contributed by atoms with E-state index in [0.717, 1.165) is 41.7 Å². The van der Waals surface area contributed by atoms with Crippen molar-refractivity contribution in [3.8, 4) is 5.69 Å². The van der Waals surface area contributed by atoms with Crippen LogP contribution < -0.4 is 4.90 Å². The lowest BCUT2D eigenvalue weighted by atomic mass is 9.99. The van der Waals surface area contributed by atoms with E-state index in [1.165, 1.54) is 12.8 Å². The molecule has 3 nitrogen and oxygen atoms in total. The number of hydrogen-bond acceptors (Lipinski definition) is 2. The molecule has 2 aromatic rings. The first kappa shape index (κ1) is 14.2. The van der Waals surface area contributed by atoms with E-state index < -0.39 is 0 Å². The number of halogens is 1. The van der Waals surface area contributed by atoms with Gasteiger partial charge >= 0.3 is 0 Å². The minimum absolute atomic E-state index is 0.630. The van der Waals surface area contributed by atoms with Crippen molar-refractivity contribution in [1.82, 2.24) is 4.57 Å². The zero-order valence-corrected chi connectivity index (χ0v) is 12.9. The Labute approximate surface area is 130 Å². The van der Waals surface area contributed by atoms with Crippen molar-refractivity contribution in [2.45, 2.75) is 19.8 Å². The van der Waals surface area contributed by atoms with Crippen molar-refractivity contribution < 1.29 is 4.79 Å². The van der Waals surface area contributed by atoms with E-state index in [-0.39, 0.29) is 0 Å². The average Bonchev–Trinajstić information content (AvgIpc) is 2.97. The lowest BCUT2D eigenvalue weighted by molar-refractivity contribution is 0.111. The molecule has 1 aromatic heterocycles. The number of piperidine rings is 1. The fourth-order valence-corrected chi connectivity index (χ4v) is 3.17. The van der Waals surface area contributed by atoms with Crippen LogP contribution in [0.5, 0.6) is 0 Å². The normalized spacial score (nSPS) is 16.2. The van der Waals surface area contributed by atoms with Crippen LogP contribution in [0.3, 0.4) is 0 Å². The highest BCUT2D eigenvalue weighted by atomic mass is 35.5. The molecule has 0 aliphatic carbocycles. The van der Waals surface area contributed by atoms with Gasteiger partial charge in [-0.1, -0.05) is 18.5 Å². The third-order valence-electron chi connectivity index (χ3n) is 4.23. The van der Waals surface area contributed by atoms with Crippen LogP contribution in [0.2, 0.25) is 5.02 Å². The molecule has 0 amide bonds. The van der Waals surface area contributed by atoms with E-state index in [4.69, 9.17) is 11.6 Å². The molecule has 1 saturated heterocycles. The number of carbonyl (C=O) groups excluding carboxylic acids is 1. The summed E-state index contributed by atoms with van der Waals surface area (Å²) in [5.74, 6) is 0.800. The van der Waals surface area contributed by atoms with E-state index in [2.05, 4.69) is 17.9 Å². The molecule has 0 radical (unpaired) electrons. The number of benzene rings is 1. The summed E-state index contributed by atoms with van der Waals surface area (Å²) >= 11 is 6.47. The minimum Gasteiger partial charge on any atom is -0.370 e. The maximum Gasteiger partial charge on any atom is 0.166 e. The van der Waals surface area contributed by atoms with Gasteiger partial charge in [0.25, 0.3) is 0 Å². The van der Waals surface area contributed by atoms with Gasteiger partial charge in [-0.25, -0.2) is 0 Å². The van der Waals surface area contributed by atoms with Gasteiger partial charge in [0.15, 0.2) is 6.29 Å². The maximum absolute atomic E-state index is 11.0. The van der Waals surface area contributed by atoms with Crippen molar-refractivity contribution in [3.05, 3.63) is 47.2 Å². The lowest BCUT2D eigenvalue weighted by Gasteiger charge is -2.32. The lowest BCUT2D eigenvalue weighted by Crippen LogP contribution is -2.32. The number of aldehydes is 1. The van der Waals surface area contributed by atoms with Gasteiger partial charge in [-0.15, -0.1) is 0 Å².